The molecule has 5 aromatic rings. The number of aromatic amines is 2. The first-order valence-electron chi connectivity index (χ1n) is 9.07. The van der Waals surface area contributed by atoms with Crippen molar-refractivity contribution in [1.29, 1.82) is 0 Å². The minimum Gasteiger partial charge on any atom is -0.497 e. The highest BCUT2D eigenvalue weighted by Crippen LogP contribution is 2.38. The summed E-state index contributed by atoms with van der Waals surface area (Å²) in [5, 5.41) is 7.84. The lowest BCUT2D eigenvalue weighted by molar-refractivity contribution is 0.415. The van der Waals surface area contributed by atoms with Crippen molar-refractivity contribution < 1.29 is 4.74 Å². The highest BCUT2D eigenvalue weighted by atomic mass is 16.5. The molecule has 0 aliphatic carbocycles. The smallest absolute Gasteiger partial charge is 0.157 e. The Morgan fingerprint density at radius 3 is 2.29 bits per heavy atom. The van der Waals surface area contributed by atoms with Crippen LogP contribution in [0.2, 0.25) is 0 Å². The number of aromatic nitrogens is 4. The fourth-order valence-electron chi connectivity index (χ4n) is 3.43. The van der Waals surface area contributed by atoms with Gasteiger partial charge < -0.3 is 9.72 Å². The number of H-pyrrole nitrogens is 2. The third-order valence-electron chi connectivity index (χ3n) is 4.82. The summed E-state index contributed by atoms with van der Waals surface area (Å²) in [6.45, 7) is 0. The summed E-state index contributed by atoms with van der Waals surface area (Å²) in [7, 11) is 1.67. The van der Waals surface area contributed by atoms with Gasteiger partial charge in [-0.3, -0.25) is 5.10 Å². The van der Waals surface area contributed by atoms with Gasteiger partial charge in [-0.15, -0.1) is 0 Å². The molecule has 0 saturated heterocycles. The highest BCUT2D eigenvalue weighted by Gasteiger charge is 2.20. The summed E-state index contributed by atoms with van der Waals surface area (Å²) < 4.78 is 5.28. The average molecular weight is 366 g/mol. The van der Waals surface area contributed by atoms with E-state index >= 15 is 0 Å². The van der Waals surface area contributed by atoms with Crippen molar-refractivity contribution >= 4 is 11.0 Å². The lowest BCUT2D eigenvalue weighted by atomic mass is 9.98. The van der Waals surface area contributed by atoms with Crippen LogP contribution in [0.1, 0.15) is 0 Å². The molecule has 2 aromatic heterocycles. The minimum absolute atomic E-state index is 0.771. The number of fused-ring (bicyclic) bond motifs is 1. The zero-order valence-electron chi connectivity index (χ0n) is 15.3. The molecule has 5 heteroatoms. The van der Waals surface area contributed by atoms with Crippen molar-refractivity contribution in [3.63, 3.8) is 0 Å². The first-order valence-corrected chi connectivity index (χ1v) is 9.07. The van der Waals surface area contributed by atoms with Crippen LogP contribution in [0.15, 0.2) is 78.9 Å². The number of benzene rings is 3. The van der Waals surface area contributed by atoms with Gasteiger partial charge in [-0.05, 0) is 42.0 Å². The molecule has 5 rings (SSSR count). The van der Waals surface area contributed by atoms with Gasteiger partial charge in [-0.25, -0.2) is 4.98 Å². The van der Waals surface area contributed by atoms with E-state index in [1.54, 1.807) is 7.11 Å². The molecule has 3 aromatic carbocycles. The molecule has 28 heavy (non-hydrogen) atoms. The molecule has 2 heterocycles. The van der Waals surface area contributed by atoms with Crippen LogP contribution in [0.25, 0.3) is 44.9 Å². The van der Waals surface area contributed by atoms with Gasteiger partial charge in [0.1, 0.15) is 17.1 Å². The number of nitrogens with zero attached hydrogens (tertiary/aromatic N) is 2. The summed E-state index contributed by atoms with van der Waals surface area (Å²) >= 11 is 0. The molecule has 0 amide bonds. The highest BCUT2D eigenvalue weighted by molar-refractivity contribution is 5.91. The molecule has 0 aliphatic heterocycles. The van der Waals surface area contributed by atoms with Crippen LogP contribution in [0.3, 0.4) is 0 Å². The van der Waals surface area contributed by atoms with E-state index in [1.165, 1.54) is 0 Å². The molecule has 5 nitrogen and oxygen atoms in total. The minimum atomic E-state index is 0.771. The van der Waals surface area contributed by atoms with E-state index in [2.05, 4.69) is 27.3 Å². The second kappa shape index (κ2) is 6.70. The van der Waals surface area contributed by atoms with E-state index in [4.69, 9.17) is 9.72 Å². The third kappa shape index (κ3) is 2.74. The average Bonchev–Trinajstić information content (AvgIpc) is 3.38. The zero-order valence-corrected chi connectivity index (χ0v) is 15.3. The molecule has 2 N–H and O–H groups in total. The maximum Gasteiger partial charge on any atom is 0.157 e. The van der Waals surface area contributed by atoms with Gasteiger partial charge in [0, 0.05) is 11.1 Å². The SMILES string of the molecule is COc1ccc(-c2n[nH]c(-c3nc4ccccc4[nH]3)c2-c2ccccc2)cc1. The van der Waals surface area contributed by atoms with Crippen LogP contribution in [0, 0.1) is 0 Å². The number of hydrogen-bond acceptors (Lipinski definition) is 3. The normalized spacial score (nSPS) is 11.0. The molecule has 0 radical (unpaired) electrons. The second-order valence-electron chi connectivity index (χ2n) is 6.52. The van der Waals surface area contributed by atoms with Gasteiger partial charge in [0.25, 0.3) is 0 Å². The van der Waals surface area contributed by atoms with Crippen molar-refractivity contribution in [2.24, 2.45) is 0 Å². The maximum absolute atomic E-state index is 5.28. The monoisotopic (exact) mass is 366 g/mol. The summed E-state index contributed by atoms with van der Waals surface area (Å²) in [5.74, 6) is 1.59. The van der Waals surface area contributed by atoms with Crippen LogP contribution >= 0.6 is 0 Å². The third-order valence-corrected chi connectivity index (χ3v) is 4.82. The van der Waals surface area contributed by atoms with Gasteiger partial charge >= 0.3 is 0 Å². The molecule has 0 aliphatic rings. The van der Waals surface area contributed by atoms with Crippen LogP contribution in [0.5, 0.6) is 5.75 Å². The molecule has 0 saturated carbocycles. The summed E-state index contributed by atoms with van der Waals surface area (Å²) in [6.07, 6.45) is 0. The Labute approximate surface area is 162 Å². The molecule has 136 valence electrons. The van der Waals surface area contributed by atoms with Gasteiger partial charge in [0.05, 0.1) is 18.1 Å². The van der Waals surface area contributed by atoms with Gasteiger partial charge in [0.15, 0.2) is 5.82 Å². The number of hydrogen-bond donors (Lipinski definition) is 2. The fraction of sp³-hybridized carbons (Fsp3) is 0.0435. The van der Waals surface area contributed by atoms with Crippen LogP contribution < -0.4 is 4.74 Å². The molecule has 0 spiro atoms. The van der Waals surface area contributed by atoms with Crippen molar-refractivity contribution in [2.45, 2.75) is 0 Å². The Morgan fingerprint density at radius 2 is 1.54 bits per heavy atom. The molecule has 0 fully saturated rings. The Morgan fingerprint density at radius 1 is 0.786 bits per heavy atom. The molecule has 0 bridgehead atoms. The molecule has 0 atom stereocenters. The molecular weight excluding hydrogens is 348 g/mol. The summed E-state index contributed by atoms with van der Waals surface area (Å²) in [6, 6.07) is 26.2. The van der Waals surface area contributed by atoms with Crippen molar-refractivity contribution in [2.75, 3.05) is 7.11 Å². The first-order chi connectivity index (χ1) is 13.8. The number of methoxy groups -OCH3 is 1. The van der Waals surface area contributed by atoms with Crippen molar-refractivity contribution in [3.05, 3.63) is 78.9 Å². The number of rotatable bonds is 4. The Kier molecular flexibility index (Phi) is 3.91. The summed E-state index contributed by atoms with van der Waals surface area (Å²) in [5.41, 5.74) is 6.78. The topological polar surface area (TPSA) is 66.6 Å². The molecule has 0 unspecified atom stereocenters. The van der Waals surface area contributed by atoms with E-state index in [1.807, 2.05) is 66.7 Å². The maximum atomic E-state index is 5.28. The number of ether oxygens (including phenoxy) is 1. The van der Waals surface area contributed by atoms with Crippen molar-refractivity contribution in [1.82, 2.24) is 20.2 Å². The van der Waals surface area contributed by atoms with Crippen molar-refractivity contribution in [3.8, 4) is 39.7 Å². The largest absolute Gasteiger partial charge is 0.497 e. The van der Waals surface area contributed by atoms with Crippen LogP contribution in [-0.2, 0) is 0 Å². The van der Waals surface area contributed by atoms with E-state index in [-0.39, 0.29) is 0 Å². The standard InChI is InChI=1S/C23H18N4O/c1-28-17-13-11-16(12-14-17)21-20(15-7-3-2-4-8-15)22(27-26-21)23-24-18-9-5-6-10-19(18)25-23/h2-14H,1H3,(H,24,25)(H,26,27). The van der Waals surface area contributed by atoms with Gasteiger partial charge in [-0.1, -0.05) is 42.5 Å². The molecular formula is C23H18N4O. The predicted molar refractivity (Wildman–Crippen MR) is 111 cm³/mol. The lowest BCUT2D eigenvalue weighted by Crippen LogP contribution is -1.87. The Bertz CT molecular complexity index is 1200. The number of imidazole rings is 1. The van der Waals surface area contributed by atoms with E-state index in [9.17, 15) is 0 Å². The van der Waals surface area contributed by atoms with E-state index in [0.29, 0.717) is 0 Å². The first kappa shape index (κ1) is 16.3. The quantitative estimate of drug-likeness (QED) is 0.454. The second-order valence-corrected chi connectivity index (χ2v) is 6.52. The number of para-hydroxylation sites is 2. The lowest BCUT2D eigenvalue weighted by Gasteiger charge is -2.06. The Balaban J connectivity index is 1.72. The van der Waals surface area contributed by atoms with Gasteiger partial charge in [0.2, 0.25) is 0 Å². The zero-order chi connectivity index (χ0) is 18.9. The van der Waals surface area contributed by atoms with E-state index in [0.717, 1.165) is 50.7 Å². The predicted octanol–water partition coefficient (Wildman–Crippen LogP) is 5.30. The Hall–Kier alpha value is -3.86. The van der Waals surface area contributed by atoms with Crippen LogP contribution in [0.4, 0.5) is 0 Å². The van der Waals surface area contributed by atoms with Crippen LogP contribution in [-0.4, -0.2) is 27.3 Å². The van der Waals surface area contributed by atoms with E-state index < -0.39 is 0 Å². The number of nitrogens with one attached hydrogen (secondary N) is 2. The summed E-state index contributed by atoms with van der Waals surface area (Å²) in [4.78, 5) is 8.16. The fourth-order valence-corrected chi connectivity index (χ4v) is 3.43. The van der Waals surface area contributed by atoms with Gasteiger partial charge in [-0.2, -0.15) is 5.10 Å².